The van der Waals surface area contributed by atoms with Crippen molar-refractivity contribution in [1.29, 1.82) is 0 Å². The van der Waals surface area contributed by atoms with E-state index in [0.29, 0.717) is 36.3 Å². The van der Waals surface area contributed by atoms with Crippen LogP contribution in [0.1, 0.15) is 94.7 Å². The highest BCUT2D eigenvalue weighted by molar-refractivity contribution is 5.89. The van der Waals surface area contributed by atoms with E-state index in [1.807, 2.05) is 32.8 Å². The molecule has 1 unspecified atom stereocenters. The number of hydrogen-bond acceptors (Lipinski definition) is 16. The number of ether oxygens (including phenoxy) is 9. The predicted octanol–water partition coefficient (Wildman–Crippen LogP) is 6.24. The molecular formula is C52H62FN3O14. The van der Waals surface area contributed by atoms with Gasteiger partial charge < -0.3 is 52.6 Å². The smallest absolute Gasteiger partial charge is 0.413 e. The van der Waals surface area contributed by atoms with Gasteiger partial charge in [-0.15, -0.1) is 0 Å². The van der Waals surface area contributed by atoms with E-state index in [1.165, 1.54) is 26.3 Å². The third-order valence-corrected chi connectivity index (χ3v) is 14.7. The summed E-state index contributed by atoms with van der Waals surface area (Å²) in [7, 11) is 5.28. The van der Waals surface area contributed by atoms with Crippen molar-refractivity contribution >= 4 is 24.0 Å². The molecule has 2 bridgehead atoms. The van der Waals surface area contributed by atoms with Crippen molar-refractivity contribution < 1.29 is 71.3 Å². The molecule has 3 aliphatic heterocycles. The van der Waals surface area contributed by atoms with Gasteiger partial charge in [-0.05, 0) is 102 Å². The summed E-state index contributed by atoms with van der Waals surface area (Å²) in [5, 5.41) is 13.9. The van der Waals surface area contributed by atoms with Crippen molar-refractivity contribution in [3.63, 3.8) is 0 Å². The summed E-state index contributed by atoms with van der Waals surface area (Å²) in [5.74, 6) is -4.09. The summed E-state index contributed by atoms with van der Waals surface area (Å²) in [6.07, 6.45) is -5.90. The van der Waals surface area contributed by atoms with Gasteiger partial charge in [0.25, 0.3) is 0 Å². The summed E-state index contributed by atoms with van der Waals surface area (Å²) >= 11 is 0. The minimum Gasteiger partial charge on any atom is -0.497 e. The Morgan fingerprint density at radius 3 is 2.31 bits per heavy atom. The topological polar surface area (TPSA) is 191 Å². The lowest BCUT2D eigenvalue weighted by Crippen LogP contribution is -2.77. The van der Waals surface area contributed by atoms with Crippen LogP contribution >= 0.6 is 0 Å². The molecule has 4 heterocycles. The summed E-state index contributed by atoms with van der Waals surface area (Å²) in [6, 6.07) is 16.0. The average Bonchev–Trinajstić information content (AvgIpc) is 3.89. The number of hydrogen-bond donors (Lipinski definition) is 1. The number of fused-ring (bicyclic) bond motifs is 8. The normalized spacial score (nSPS) is 34.0. The van der Waals surface area contributed by atoms with Crippen molar-refractivity contribution in [2.45, 2.75) is 133 Å². The second-order valence-electron chi connectivity index (χ2n) is 20.9. The molecule has 1 aromatic heterocycles. The molecule has 376 valence electrons. The first kappa shape index (κ1) is 49.5. The summed E-state index contributed by atoms with van der Waals surface area (Å²) < 4.78 is 73.2. The first-order valence-electron chi connectivity index (χ1n) is 23.7. The van der Waals surface area contributed by atoms with Gasteiger partial charge in [-0.1, -0.05) is 44.2 Å². The second-order valence-corrected chi connectivity index (χ2v) is 20.9. The van der Waals surface area contributed by atoms with Crippen LogP contribution in [0, 0.1) is 23.1 Å². The van der Waals surface area contributed by atoms with Crippen molar-refractivity contribution in [1.82, 2.24) is 14.8 Å². The van der Waals surface area contributed by atoms with Crippen LogP contribution < -0.4 is 4.74 Å². The SMILES string of the molecule is COc1ccc([C@H]2O[C@@H](C(=O)O[C@@H]3C=C4[C@H]5O[C@@H](CN(C)C)O[C@H]5C5CC[C@H]6OC[C@@]6(OC(C)=O)[C@H]5[C@H](OC(=O)c5ccccc5)[C@](O)(C3)C4(C)C)[C@H](c3ncccc3F)N2C(=O)OC(C)(C)C)cc1. The van der Waals surface area contributed by atoms with E-state index in [1.54, 1.807) is 81.4 Å². The Morgan fingerprint density at radius 1 is 0.957 bits per heavy atom. The van der Waals surface area contributed by atoms with Gasteiger partial charge in [0, 0.05) is 43.0 Å². The highest BCUT2D eigenvalue weighted by Crippen LogP contribution is 2.62. The monoisotopic (exact) mass is 971 g/mol. The molecule has 2 saturated carbocycles. The lowest BCUT2D eigenvalue weighted by atomic mass is 9.49. The summed E-state index contributed by atoms with van der Waals surface area (Å²) in [6.45, 7) is 10.3. The standard InChI is InChI=1S/C52H62FN3O14/c1-28(57)69-51-27-63-36(51)22-21-33-38(51)44(68-46(58)30-14-11-10-12-15-30)52(61)25-32(24-34(50(52,5)6)42-41(33)65-37(66-42)26-55(7)8)64-47(59)43-40(39-35(53)16-13-23-54-39)56(48(60)70-49(2,3)4)45(67-43)29-17-19-31(62-9)20-18-29/h10-20,23-24,32-33,36-38,40-45,61H,21-22,25-27H2,1-9H3/t32-,33?,36-,37+,38-,40+,41+,42-,43-,44+,45-,51+,52-/m1/s1. The zero-order chi connectivity index (χ0) is 50.1. The number of rotatable bonds is 10. The largest absolute Gasteiger partial charge is 0.497 e. The Morgan fingerprint density at radius 2 is 1.69 bits per heavy atom. The lowest BCUT2D eigenvalue weighted by Gasteiger charge is -2.64. The molecule has 13 atom stereocenters. The van der Waals surface area contributed by atoms with E-state index >= 15 is 9.18 Å². The molecule has 1 N–H and O–H groups in total. The number of likely N-dealkylation sites (N-methyl/N-ethyl adjacent to an activating group) is 1. The fraction of sp³-hybridized carbons (Fsp3) is 0.558. The van der Waals surface area contributed by atoms with Gasteiger partial charge in [-0.3, -0.25) is 14.7 Å². The average molecular weight is 972 g/mol. The quantitative estimate of drug-likeness (QED) is 0.136. The van der Waals surface area contributed by atoms with Gasteiger partial charge in [-0.25, -0.2) is 18.8 Å². The lowest BCUT2D eigenvalue weighted by molar-refractivity contribution is -0.330. The molecule has 1 amide bonds. The third-order valence-electron chi connectivity index (χ3n) is 14.7. The summed E-state index contributed by atoms with van der Waals surface area (Å²) in [4.78, 5) is 64.6. The van der Waals surface area contributed by atoms with Crippen LogP contribution in [-0.4, -0.2) is 138 Å². The minimum absolute atomic E-state index is 0.0389. The zero-order valence-electron chi connectivity index (χ0n) is 40.9. The van der Waals surface area contributed by atoms with Gasteiger partial charge in [0.2, 0.25) is 0 Å². The fourth-order valence-corrected chi connectivity index (χ4v) is 11.5. The highest BCUT2D eigenvalue weighted by atomic mass is 19.1. The summed E-state index contributed by atoms with van der Waals surface area (Å²) in [5.41, 5.74) is -4.93. The number of aliphatic hydroxyl groups is 1. The molecular weight excluding hydrogens is 910 g/mol. The van der Waals surface area contributed by atoms with Gasteiger partial charge in [0.15, 0.2) is 24.2 Å². The number of carbonyl (C=O) groups is 4. The first-order valence-corrected chi connectivity index (χ1v) is 23.7. The Bertz CT molecular complexity index is 2500. The van der Waals surface area contributed by atoms with Crippen LogP contribution in [0.25, 0.3) is 0 Å². The fourth-order valence-electron chi connectivity index (χ4n) is 11.5. The molecule has 3 aromatic rings. The maximum Gasteiger partial charge on any atom is 0.413 e. The molecule has 0 radical (unpaired) electrons. The van der Waals surface area contributed by atoms with Crippen molar-refractivity contribution in [2.75, 3.05) is 34.4 Å². The van der Waals surface area contributed by atoms with Crippen LogP contribution in [0.3, 0.4) is 0 Å². The van der Waals surface area contributed by atoms with E-state index in [9.17, 15) is 19.5 Å². The molecule has 17 nitrogen and oxygen atoms in total. The number of carbonyl (C=O) groups excluding carboxylic acids is 4. The number of nitrogens with zero attached hydrogens (tertiary/aromatic N) is 3. The van der Waals surface area contributed by atoms with Crippen LogP contribution in [0.5, 0.6) is 5.75 Å². The van der Waals surface area contributed by atoms with Crippen molar-refractivity contribution in [2.24, 2.45) is 17.3 Å². The van der Waals surface area contributed by atoms with Crippen LogP contribution in [0.15, 0.2) is 84.6 Å². The van der Waals surface area contributed by atoms with Gasteiger partial charge in [0.1, 0.15) is 58.9 Å². The Balaban J connectivity index is 1.17. The number of aromatic nitrogens is 1. The Hall–Kier alpha value is -5.50. The third kappa shape index (κ3) is 8.74. The molecule has 5 fully saturated rings. The number of methoxy groups -OCH3 is 1. The van der Waals surface area contributed by atoms with Gasteiger partial charge >= 0.3 is 24.0 Å². The number of halogens is 1. The molecule has 70 heavy (non-hydrogen) atoms. The van der Waals surface area contributed by atoms with Crippen LogP contribution in [0.4, 0.5) is 9.18 Å². The van der Waals surface area contributed by atoms with E-state index in [4.69, 9.17) is 42.6 Å². The molecule has 3 aliphatic carbocycles. The van der Waals surface area contributed by atoms with E-state index in [-0.39, 0.29) is 24.3 Å². The van der Waals surface area contributed by atoms with Gasteiger partial charge in [-0.2, -0.15) is 0 Å². The van der Waals surface area contributed by atoms with Crippen molar-refractivity contribution in [3.8, 4) is 5.75 Å². The number of pyridine rings is 1. The van der Waals surface area contributed by atoms with E-state index in [2.05, 4.69) is 4.98 Å². The maximum absolute atomic E-state index is 16.1. The van der Waals surface area contributed by atoms with Gasteiger partial charge in [0.05, 0.1) is 25.4 Å². The van der Waals surface area contributed by atoms with Crippen LogP contribution in [-0.2, 0) is 47.5 Å². The zero-order valence-corrected chi connectivity index (χ0v) is 40.9. The Kier molecular flexibility index (Phi) is 13.1. The maximum atomic E-state index is 16.1. The first-order chi connectivity index (χ1) is 33.2. The Labute approximate surface area is 406 Å². The minimum atomic E-state index is -2.09. The second kappa shape index (κ2) is 18.6. The van der Waals surface area contributed by atoms with Crippen LogP contribution in [0.2, 0.25) is 0 Å². The van der Waals surface area contributed by atoms with Crippen molar-refractivity contribution in [3.05, 3.63) is 107 Å². The highest BCUT2D eigenvalue weighted by Gasteiger charge is 2.74. The number of benzene rings is 2. The molecule has 2 aromatic carbocycles. The number of esters is 3. The molecule has 9 rings (SSSR count). The molecule has 18 heteroatoms. The molecule has 6 aliphatic rings. The van der Waals surface area contributed by atoms with E-state index in [0.717, 1.165) is 11.0 Å². The number of amides is 1. The molecule has 3 saturated heterocycles. The van der Waals surface area contributed by atoms with E-state index < -0.39 is 119 Å². The predicted molar refractivity (Wildman–Crippen MR) is 245 cm³/mol. The molecule has 0 spiro atoms.